The Hall–Kier alpha value is -3.23. The number of rotatable bonds is 6. The maximum Gasteiger partial charge on any atom is 0.288 e. The molecule has 0 saturated carbocycles. The van der Waals surface area contributed by atoms with Gasteiger partial charge in [0.25, 0.3) is 11.6 Å². The third-order valence-corrected chi connectivity index (χ3v) is 4.35. The molecule has 0 atom stereocenters. The molecule has 1 aliphatic rings. The Morgan fingerprint density at radius 1 is 1.35 bits per heavy atom. The van der Waals surface area contributed by atoms with Gasteiger partial charge < -0.3 is 15.4 Å². The second-order valence-corrected chi connectivity index (χ2v) is 6.10. The second-order valence-electron chi connectivity index (χ2n) is 6.10. The van der Waals surface area contributed by atoms with Crippen LogP contribution in [0.25, 0.3) is 0 Å². The van der Waals surface area contributed by atoms with E-state index in [1.165, 1.54) is 6.07 Å². The molecule has 1 saturated heterocycles. The standard InChI is InChI=1S/C17H19N5O4/c18-16(23)14-9-13(22(24)25)10-20-17(14)21-7-4-12(5-8-21)11-26-15-3-1-2-6-19-15/h1-3,6,9-10,12H,4-5,7-8,11H2,(H2,18,23). The zero-order chi connectivity index (χ0) is 18.5. The van der Waals surface area contributed by atoms with Gasteiger partial charge >= 0.3 is 0 Å². The Morgan fingerprint density at radius 3 is 2.73 bits per heavy atom. The van der Waals surface area contributed by atoms with Crippen LogP contribution in [-0.2, 0) is 0 Å². The number of pyridine rings is 2. The topological polar surface area (TPSA) is 124 Å². The molecule has 0 aromatic carbocycles. The number of piperidine rings is 1. The number of hydrogen-bond acceptors (Lipinski definition) is 7. The Morgan fingerprint density at radius 2 is 2.12 bits per heavy atom. The maximum absolute atomic E-state index is 11.7. The molecule has 2 aromatic heterocycles. The van der Waals surface area contributed by atoms with E-state index in [0.717, 1.165) is 19.0 Å². The van der Waals surface area contributed by atoms with Crippen LogP contribution in [-0.4, -0.2) is 40.5 Å². The predicted molar refractivity (Wildman–Crippen MR) is 94.1 cm³/mol. The van der Waals surface area contributed by atoms with Gasteiger partial charge in [0, 0.05) is 31.4 Å². The normalized spacial score (nSPS) is 14.8. The third kappa shape index (κ3) is 4.05. The molecule has 0 spiro atoms. The highest BCUT2D eigenvalue weighted by atomic mass is 16.6. The van der Waals surface area contributed by atoms with E-state index in [4.69, 9.17) is 10.5 Å². The van der Waals surface area contributed by atoms with Gasteiger partial charge in [0.05, 0.1) is 17.1 Å². The Balaban J connectivity index is 1.62. The van der Waals surface area contributed by atoms with Crippen molar-refractivity contribution in [2.24, 2.45) is 11.7 Å². The van der Waals surface area contributed by atoms with Gasteiger partial charge in [-0.05, 0) is 24.8 Å². The van der Waals surface area contributed by atoms with Crippen molar-refractivity contribution in [3.05, 3.63) is 52.3 Å². The van der Waals surface area contributed by atoms with Gasteiger partial charge in [0.1, 0.15) is 12.0 Å². The van der Waals surface area contributed by atoms with Gasteiger partial charge in [0.2, 0.25) is 5.88 Å². The number of nitrogens with zero attached hydrogens (tertiary/aromatic N) is 4. The molecule has 0 unspecified atom stereocenters. The van der Waals surface area contributed by atoms with Crippen LogP contribution in [0.4, 0.5) is 11.5 Å². The fraction of sp³-hybridized carbons (Fsp3) is 0.353. The molecule has 26 heavy (non-hydrogen) atoms. The molecule has 9 heteroatoms. The van der Waals surface area contributed by atoms with Gasteiger partial charge in [-0.1, -0.05) is 6.07 Å². The first-order chi connectivity index (χ1) is 12.5. The number of carbonyl (C=O) groups is 1. The minimum absolute atomic E-state index is 0.0717. The van der Waals surface area contributed by atoms with Gasteiger partial charge in [0.15, 0.2) is 0 Å². The molecule has 1 fully saturated rings. The van der Waals surface area contributed by atoms with E-state index in [9.17, 15) is 14.9 Å². The summed E-state index contributed by atoms with van der Waals surface area (Å²) in [4.78, 5) is 32.1. The van der Waals surface area contributed by atoms with Crippen molar-refractivity contribution in [2.75, 3.05) is 24.6 Å². The molecule has 2 N–H and O–H groups in total. The minimum atomic E-state index is -0.725. The summed E-state index contributed by atoms with van der Waals surface area (Å²) in [7, 11) is 0. The molecule has 3 rings (SSSR count). The molecule has 3 heterocycles. The number of nitro groups is 1. The van der Waals surface area contributed by atoms with Crippen molar-refractivity contribution in [3.8, 4) is 5.88 Å². The van der Waals surface area contributed by atoms with Crippen LogP contribution in [0.3, 0.4) is 0 Å². The lowest BCUT2D eigenvalue weighted by Crippen LogP contribution is -2.37. The summed E-state index contributed by atoms with van der Waals surface area (Å²) in [6.45, 7) is 1.91. The van der Waals surface area contributed by atoms with Crippen molar-refractivity contribution in [1.82, 2.24) is 9.97 Å². The summed E-state index contributed by atoms with van der Waals surface area (Å²) in [6, 6.07) is 6.70. The zero-order valence-corrected chi connectivity index (χ0v) is 14.1. The van der Waals surface area contributed by atoms with Crippen LogP contribution in [0, 0.1) is 16.0 Å². The summed E-state index contributed by atoms with van der Waals surface area (Å²) in [5, 5.41) is 10.9. The quantitative estimate of drug-likeness (QED) is 0.617. The Labute approximate surface area is 150 Å². The average molecular weight is 357 g/mol. The summed E-state index contributed by atoms with van der Waals surface area (Å²) < 4.78 is 5.70. The lowest BCUT2D eigenvalue weighted by molar-refractivity contribution is -0.385. The fourth-order valence-corrected chi connectivity index (χ4v) is 2.93. The third-order valence-electron chi connectivity index (χ3n) is 4.35. The first kappa shape index (κ1) is 17.6. The first-order valence-electron chi connectivity index (χ1n) is 8.27. The van der Waals surface area contributed by atoms with Gasteiger partial charge in [-0.3, -0.25) is 14.9 Å². The molecule has 1 amide bonds. The van der Waals surface area contributed by atoms with Crippen molar-refractivity contribution in [3.63, 3.8) is 0 Å². The molecule has 9 nitrogen and oxygen atoms in total. The van der Waals surface area contributed by atoms with E-state index in [2.05, 4.69) is 9.97 Å². The molecule has 136 valence electrons. The number of carbonyl (C=O) groups excluding carboxylic acids is 1. The number of anilines is 1. The number of ether oxygens (including phenoxy) is 1. The van der Waals surface area contributed by atoms with Crippen LogP contribution >= 0.6 is 0 Å². The van der Waals surface area contributed by atoms with E-state index in [-0.39, 0.29) is 11.3 Å². The van der Waals surface area contributed by atoms with Gasteiger partial charge in [-0.25, -0.2) is 9.97 Å². The first-order valence-corrected chi connectivity index (χ1v) is 8.27. The van der Waals surface area contributed by atoms with E-state index < -0.39 is 10.8 Å². The van der Waals surface area contributed by atoms with Gasteiger partial charge in [-0.15, -0.1) is 0 Å². The highest BCUT2D eigenvalue weighted by Gasteiger charge is 2.25. The number of aromatic nitrogens is 2. The predicted octanol–water partition coefficient (Wildman–Crippen LogP) is 1.78. The lowest BCUT2D eigenvalue weighted by Gasteiger charge is -2.33. The number of hydrogen-bond donors (Lipinski definition) is 1. The van der Waals surface area contributed by atoms with Gasteiger partial charge in [-0.2, -0.15) is 0 Å². The summed E-state index contributed by atoms with van der Waals surface area (Å²) >= 11 is 0. The van der Waals surface area contributed by atoms with Crippen LogP contribution in [0.15, 0.2) is 36.7 Å². The van der Waals surface area contributed by atoms with E-state index in [1.54, 1.807) is 6.20 Å². The summed E-state index contributed by atoms with van der Waals surface area (Å²) in [5.74, 6) is 0.635. The average Bonchev–Trinajstić information content (AvgIpc) is 2.67. The lowest BCUT2D eigenvalue weighted by atomic mass is 9.97. The van der Waals surface area contributed by atoms with Crippen molar-refractivity contribution in [1.29, 1.82) is 0 Å². The molecule has 2 aromatic rings. The van der Waals surface area contributed by atoms with Crippen molar-refractivity contribution in [2.45, 2.75) is 12.8 Å². The second kappa shape index (κ2) is 7.77. The SMILES string of the molecule is NC(=O)c1cc([N+](=O)[O-])cnc1N1CCC(COc2ccccn2)CC1. The molecule has 1 aliphatic heterocycles. The highest BCUT2D eigenvalue weighted by Crippen LogP contribution is 2.27. The minimum Gasteiger partial charge on any atom is -0.477 e. The van der Waals surface area contributed by atoms with E-state index >= 15 is 0 Å². The highest BCUT2D eigenvalue weighted by molar-refractivity contribution is 5.98. The van der Waals surface area contributed by atoms with Crippen LogP contribution in [0.1, 0.15) is 23.2 Å². The van der Waals surface area contributed by atoms with Crippen molar-refractivity contribution < 1.29 is 14.5 Å². The van der Waals surface area contributed by atoms with E-state index in [0.29, 0.717) is 37.3 Å². The molecule has 0 radical (unpaired) electrons. The summed E-state index contributed by atoms with van der Waals surface area (Å²) in [6.07, 6.45) is 4.54. The molecular weight excluding hydrogens is 338 g/mol. The van der Waals surface area contributed by atoms with Crippen LogP contribution in [0.5, 0.6) is 5.88 Å². The smallest absolute Gasteiger partial charge is 0.288 e. The molecular formula is C17H19N5O4. The van der Waals surface area contributed by atoms with Crippen molar-refractivity contribution >= 4 is 17.4 Å². The monoisotopic (exact) mass is 357 g/mol. The Bertz CT molecular complexity index is 791. The number of primary amides is 1. The summed E-state index contributed by atoms with van der Waals surface area (Å²) in [5.41, 5.74) is 5.20. The van der Waals surface area contributed by atoms with Crippen LogP contribution < -0.4 is 15.4 Å². The number of amides is 1. The molecule has 0 aliphatic carbocycles. The fourth-order valence-electron chi connectivity index (χ4n) is 2.93. The zero-order valence-electron chi connectivity index (χ0n) is 14.1. The van der Waals surface area contributed by atoms with Crippen LogP contribution in [0.2, 0.25) is 0 Å². The maximum atomic E-state index is 11.7. The Kier molecular flexibility index (Phi) is 5.26. The largest absolute Gasteiger partial charge is 0.477 e. The number of nitrogens with two attached hydrogens (primary N) is 1. The molecule has 0 bridgehead atoms. The van der Waals surface area contributed by atoms with E-state index in [1.807, 2.05) is 23.1 Å².